The third-order valence-electron chi connectivity index (χ3n) is 3.33. The Balaban J connectivity index is 2.51. The van der Waals surface area contributed by atoms with Crippen LogP contribution in [0.3, 0.4) is 0 Å². The lowest BCUT2D eigenvalue weighted by molar-refractivity contribution is 0.0775. The lowest BCUT2D eigenvalue weighted by atomic mass is 9.84. The van der Waals surface area contributed by atoms with Crippen molar-refractivity contribution in [3.8, 4) is 0 Å². The van der Waals surface area contributed by atoms with Gasteiger partial charge in [0.15, 0.2) is 0 Å². The fourth-order valence-corrected chi connectivity index (χ4v) is 2.55. The molecule has 17 heavy (non-hydrogen) atoms. The molecule has 1 unspecified atom stereocenters. The van der Waals surface area contributed by atoms with Crippen molar-refractivity contribution in [2.45, 2.75) is 39.2 Å². The first kappa shape index (κ1) is 12.1. The van der Waals surface area contributed by atoms with Crippen molar-refractivity contribution in [1.29, 1.82) is 0 Å². The first-order chi connectivity index (χ1) is 7.89. The minimum Gasteiger partial charge on any atom is -0.386 e. The molecule has 1 nitrogen and oxygen atoms in total. The van der Waals surface area contributed by atoms with Crippen LogP contribution in [0, 0.1) is 0 Å². The third-order valence-corrected chi connectivity index (χ3v) is 3.33. The Labute approximate surface area is 103 Å². The summed E-state index contributed by atoms with van der Waals surface area (Å²) < 4.78 is 0. The molecule has 0 radical (unpaired) electrons. The first-order valence-electron chi connectivity index (χ1n) is 6.08. The molecule has 0 saturated carbocycles. The van der Waals surface area contributed by atoms with Crippen molar-refractivity contribution in [3.63, 3.8) is 0 Å². The highest BCUT2D eigenvalue weighted by Gasteiger charge is 2.25. The van der Waals surface area contributed by atoms with E-state index in [9.17, 15) is 5.11 Å². The first-order valence-corrected chi connectivity index (χ1v) is 6.08. The van der Waals surface area contributed by atoms with Crippen LogP contribution in [-0.2, 0) is 5.60 Å². The lowest BCUT2D eigenvalue weighted by Gasteiger charge is -2.24. The molecule has 0 aliphatic heterocycles. The number of aliphatic hydroxyl groups is 1. The summed E-state index contributed by atoms with van der Waals surface area (Å²) in [6.07, 6.45) is 4.48. The Hall–Kier alpha value is -1.34. The molecule has 0 fully saturated rings. The van der Waals surface area contributed by atoms with Crippen LogP contribution >= 0.6 is 0 Å². The summed E-state index contributed by atoms with van der Waals surface area (Å²) in [6.45, 7) is 7.96. The van der Waals surface area contributed by atoms with Crippen LogP contribution in [0.5, 0.6) is 0 Å². The van der Waals surface area contributed by atoms with Gasteiger partial charge in [-0.3, -0.25) is 0 Å². The van der Waals surface area contributed by atoms with E-state index in [-0.39, 0.29) is 0 Å². The van der Waals surface area contributed by atoms with E-state index in [0.29, 0.717) is 5.92 Å². The van der Waals surface area contributed by atoms with Gasteiger partial charge in [0.1, 0.15) is 0 Å². The van der Waals surface area contributed by atoms with E-state index in [4.69, 9.17) is 0 Å². The van der Waals surface area contributed by atoms with Gasteiger partial charge in [0.25, 0.3) is 0 Å². The standard InChI is InChI=1S/C16H20O/c1-11-9-12(2)14(10-11)13-7-5-6-8-15(13)16(3,4)17/h5-10,14,17H,1-4H3. The molecular weight excluding hydrogens is 208 g/mol. The summed E-state index contributed by atoms with van der Waals surface area (Å²) in [7, 11) is 0. The zero-order valence-electron chi connectivity index (χ0n) is 11.0. The van der Waals surface area contributed by atoms with Gasteiger partial charge >= 0.3 is 0 Å². The normalized spacial score (nSPS) is 20.2. The quantitative estimate of drug-likeness (QED) is 0.813. The smallest absolute Gasteiger partial charge is 0.0843 e. The van der Waals surface area contributed by atoms with Gasteiger partial charge in [-0.15, -0.1) is 0 Å². The van der Waals surface area contributed by atoms with Gasteiger partial charge in [-0.05, 0) is 38.8 Å². The molecule has 0 bridgehead atoms. The predicted octanol–water partition coefficient (Wildman–Crippen LogP) is 3.90. The van der Waals surface area contributed by atoms with Crippen LogP contribution in [0.4, 0.5) is 0 Å². The second-order valence-corrected chi connectivity index (χ2v) is 5.42. The Bertz CT molecular complexity index is 486. The van der Waals surface area contributed by atoms with Gasteiger partial charge < -0.3 is 5.11 Å². The summed E-state index contributed by atoms with van der Waals surface area (Å²) >= 11 is 0. The van der Waals surface area contributed by atoms with Crippen LogP contribution in [0.25, 0.3) is 0 Å². The Kier molecular flexibility index (Phi) is 2.96. The molecule has 1 N–H and O–H groups in total. The average molecular weight is 228 g/mol. The monoisotopic (exact) mass is 228 g/mol. The van der Waals surface area contributed by atoms with Crippen LogP contribution in [-0.4, -0.2) is 5.11 Å². The van der Waals surface area contributed by atoms with E-state index in [0.717, 1.165) is 5.56 Å². The largest absolute Gasteiger partial charge is 0.386 e. The molecule has 2 rings (SSSR count). The SMILES string of the molecule is CC1=CC(c2ccccc2C(C)(C)O)C(C)=C1. The van der Waals surface area contributed by atoms with Crippen LogP contribution < -0.4 is 0 Å². The van der Waals surface area contributed by atoms with Crippen molar-refractivity contribution >= 4 is 0 Å². The van der Waals surface area contributed by atoms with Gasteiger partial charge in [0.05, 0.1) is 5.60 Å². The summed E-state index contributed by atoms with van der Waals surface area (Å²) in [5.41, 5.74) is 4.09. The Morgan fingerprint density at radius 1 is 1.12 bits per heavy atom. The van der Waals surface area contributed by atoms with Crippen LogP contribution in [0.15, 0.2) is 47.6 Å². The highest BCUT2D eigenvalue weighted by Crippen LogP contribution is 2.37. The summed E-state index contributed by atoms with van der Waals surface area (Å²) in [4.78, 5) is 0. The number of rotatable bonds is 2. The minimum atomic E-state index is -0.790. The molecule has 0 spiro atoms. The van der Waals surface area contributed by atoms with Gasteiger partial charge in [-0.1, -0.05) is 47.6 Å². The van der Waals surface area contributed by atoms with Gasteiger partial charge in [0.2, 0.25) is 0 Å². The van der Waals surface area contributed by atoms with E-state index in [1.165, 1.54) is 16.7 Å². The van der Waals surface area contributed by atoms with Gasteiger partial charge in [-0.25, -0.2) is 0 Å². The molecule has 0 amide bonds. The maximum atomic E-state index is 10.2. The fraction of sp³-hybridized carbons (Fsp3) is 0.375. The molecule has 90 valence electrons. The fourth-order valence-electron chi connectivity index (χ4n) is 2.55. The highest BCUT2D eigenvalue weighted by molar-refractivity contribution is 5.48. The molecule has 0 saturated heterocycles. The van der Waals surface area contributed by atoms with Crippen molar-refractivity contribution in [2.75, 3.05) is 0 Å². The van der Waals surface area contributed by atoms with Crippen molar-refractivity contribution in [3.05, 3.63) is 58.7 Å². The molecule has 0 aromatic heterocycles. The van der Waals surface area contributed by atoms with Crippen molar-refractivity contribution < 1.29 is 5.11 Å². The Morgan fingerprint density at radius 3 is 2.29 bits per heavy atom. The highest BCUT2D eigenvalue weighted by atomic mass is 16.3. The second kappa shape index (κ2) is 4.15. The third kappa shape index (κ3) is 2.34. The topological polar surface area (TPSA) is 20.2 Å². The zero-order chi connectivity index (χ0) is 12.6. The van der Waals surface area contributed by atoms with Crippen molar-refractivity contribution in [2.24, 2.45) is 0 Å². The molecule has 1 atom stereocenters. The second-order valence-electron chi connectivity index (χ2n) is 5.42. The van der Waals surface area contributed by atoms with Crippen LogP contribution in [0.2, 0.25) is 0 Å². The lowest BCUT2D eigenvalue weighted by Crippen LogP contribution is -2.19. The molecule has 1 heteroatoms. The molecule has 1 aliphatic carbocycles. The average Bonchev–Trinajstić information content (AvgIpc) is 2.56. The van der Waals surface area contributed by atoms with Crippen molar-refractivity contribution in [1.82, 2.24) is 0 Å². The molecule has 1 aliphatic rings. The van der Waals surface area contributed by atoms with E-state index in [1.54, 1.807) is 0 Å². The molecule has 1 aromatic rings. The Morgan fingerprint density at radius 2 is 1.76 bits per heavy atom. The molecular formula is C16H20O. The van der Waals surface area contributed by atoms with E-state index in [2.05, 4.69) is 32.1 Å². The number of allylic oxidation sites excluding steroid dienone is 4. The van der Waals surface area contributed by atoms with Gasteiger partial charge in [0, 0.05) is 5.92 Å². The maximum absolute atomic E-state index is 10.2. The number of hydrogen-bond donors (Lipinski definition) is 1. The summed E-state index contributed by atoms with van der Waals surface area (Å²) in [5.74, 6) is 0.317. The van der Waals surface area contributed by atoms with E-state index < -0.39 is 5.60 Å². The molecule has 0 heterocycles. The molecule has 1 aromatic carbocycles. The van der Waals surface area contributed by atoms with Gasteiger partial charge in [-0.2, -0.15) is 0 Å². The number of hydrogen-bond acceptors (Lipinski definition) is 1. The van der Waals surface area contributed by atoms with Crippen LogP contribution in [0.1, 0.15) is 44.7 Å². The van der Waals surface area contributed by atoms with E-state index >= 15 is 0 Å². The minimum absolute atomic E-state index is 0.317. The summed E-state index contributed by atoms with van der Waals surface area (Å²) in [5, 5.41) is 10.2. The van der Waals surface area contributed by atoms with E-state index in [1.807, 2.05) is 32.0 Å². The predicted molar refractivity (Wildman–Crippen MR) is 71.9 cm³/mol. The maximum Gasteiger partial charge on any atom is 0.0843 e. The summed E-state index contributed by atoms with van der Waals surface area (Å²) in [6, 6.07) is 8.16. The zero-order valence-corrected chi connectivity index (χ0v) is 11.0. The number of benzene rings is 1.